The van der Waals surface area contributed by atoms with Crippen LogP contribution in [0.2, 0.25) is 0 Å². The van der Waals surface area contributed by atoms with Crippen molar-refractivity contribution in [2.75, 3.05) is 20.7 Å². The van der Waals surface area contributed by atoms with Gasteiger partial charge in [-0.3, -0.25) is 4.79 Å². The van der Waals surface area contributed by atoms with Crippen molar-refractivity contribution in [2.45, 2.75) is 18.8 Å². The smallest absolute Gasteiger partial charge is 0.219 e. The molecule has 0 fully saturated rings. The van der Waals surface area contributed by atoms with Crippen molar-refractivity contribution >= 4 is 5.91 Å². The van der Waals surface area contributed by atoms with Crippen LogP contribution >= 0.6 is 0 Å². The zero-order valence-corrected chi connectivity index (χ0v) is 10.4. The van der Waals surface area contributed by atoms with E-state index in [1.807, 2.05) is 24.3 Å². The summed E-state index contributed by atoms with van der Waals surface area (Å²) in [6.45, 7) is 0.532. The molecule has 0 aromatic heterocycles. The third-order valence-electron chi connectivity index (χ3n) is 2.85. The van der Waals surface area contributed by atoms with E-state index >= 15 is 0 Å². The van der Waals surface area contributed by atoms with Crippen LogP contribution < -0.4 is 15.8 Å². The third kappa shape index (κ3) is 4.07. The quantitative estimate of drug-likeness (QED) is 0.781. The second-order valence-electron chi connectivity index (χ2n) is 3.92. The highest BCUT2D eigenvalue weighted by atomic mass is 16.5. The van der Waals surface area contributed by atoms with E-state index in [2.05, 4.69) is 5.32 Å². The third-order valence-corrected chi connectivity index (χ3v) is 2.85. The van der Waals surface area contributed by atoms with Crippen molar-refractivity contribution < 1.29 is 9.53 Å². The summed E-state index contributed by atoms with van der Waals surface area (Å²) in [6, 6.07) is 7.83. The van der Waals surface area contributed by atoms with Crippen LogP contribution in [0.5, 0.6) is 5.75 Å². The molecule has 4 heteroatoms. The maximum absolute atomic E-state index is 11.2. The van der Waals surface area contributed by atoms with Gasteiger partial charge in [-0.2, -0.15) is 0 Å². The van der Waals surface area contributed by atoms with Gasteiger partial charge in [0.1, 0.15) is 5.75 Å². The fourth-order valence-electron chi connectivity index (χ4n) is 1.75. The normalized spacial score (nSPS) is 11.9. The Labute approximate surface area is 102 Å². The molecule has 0 heterocycles. The monoisotopic (exact) mass is 236 g/mol. The molecule has 1 rings (SSSR count). The molecule has 0 bridgehead atoms. The number of hydrogen-bond donors (Lipinski definition) is 2. The number of nitrogens with two attached hydrogens (primary N) is 1. The van der Waals surface area contributed by atoms with Crippen molar-refractivity contribution in [3.8, 4) is 5.75 Å². The molecule has 0 aliphatic heterocycles. The van der Waals surface area contributed by atoms with Crippen LogP contribution in [0, 0.1) is 0 Å². The Kier molecular flexibility index (Phi) is 5.49. The minimum Gasteiger partial charge on any atom is -0.497 e. The van der Waals surface area contributed by atoms with Gasteiger partial charge in [-0.15, -0.1) is 0 Å². The first-order valence-electron chi connectivity index (χ1n) is 5.75. The van der Waals surface area contributed by atoms with Gasteiger partial charge in [-0.1, -0.05) is 12.1 Å². The van der Waals surface area contributed by atoms with E-state index in [9.17, 15) is 4.79 Å². The molecule has 17 heavy (non-hydrogen) atoms. The number of carbonyl (C=O) groups excluding carboxylic acids is 1. The Bertz CT molecular complexity index is 366. The van der Waals surface area contributed by atoms with Crippen LogP contribution in [0.1, 0.15) is 24.3 Å². The first-order chi connectivity index (χ1) is 8.21. The largest absolute Gasteiger partial charge is 0.497 e. The summed E-state index contributed by atoms with van der Waals surface area (Å²) in [4.78, 5) is 11.2. The average molecular weight is 236 g/mol. The van der Waals surface area contributed by atoms with E-state index in [0.29, 0.717) is 13.0 Å². The molecular weight excluding hydrogens is 216 g/mol. The molecule has 1 unspecified atom stereocenters. The van der Waals surface area contributed by atoms with Gasteiger partial charge in [-0.05, 0) is 36.6 Å². The van der Waals surface area contributed by atoms with E-state index in [4.69, 9.17) is 10.5 Å². The summed E-state index contributed by atoms with van der Waals surface area (Å²) in [7, 11) is 3.28. The molecule has 1 atom stereocenters. The van der Waals surface area contributed by atoms with Gasteiger partial charge < -0.3 is 15.8 Å². The molecule has 0 radical (unpaired) electrons. The molecule has 1 aromatic carbocycles. The van der Waals surface area contributed by atoms with Gasteiger partial charge in [0, 0.05) is 13.5 Å². The molecule has 0 aliphatic carbocycles. The van der Waals surface area contributed by atoms with Crippen molar-refractivity contribution in [2.24, 2.45) is 5.73 Å². The van der Waals surface area contributed by atoms with Crippen LogP contribution in [-0.4, -0.2) is 26.6 Å². The number of carbonyl (C=O) groups is 1. The molecule has 0 saturated carbocycles. The minimum atomic E-state index is 0.0475. The standard InChI is InChI=1S/C13H20N2O2/c1-15-13(16)7-6-11(9-14)10-4-3-5-12(8-10)17-2/h3-5,8,11H,6-7,9,14H2,1-2H3,(H,15,16). The Morgan fingerprint density at radius 3 is 2.88 bits per heavy atom. The van der Waals surface area contributed by atoms with Gasteiger partial charge in [0.2, 0.25) is 5.91 Å². The zero-order valence-electron chi connectivity index (χ0n) is 10.4. The fourth-order valence-corrected chi connectivity index (χ4v) is 1.75. The highest BCUT2D eigenvalue weighted by Crippen LogP contribution is 2.23. The second kappa shape index (κ2) is 6.91. The Morgan fingerprint density at radius 1 is 1.53 bits per heavy atom. The molecule has 0 spiro atoms. The van der Waals surface area contributed by atoms with Crippen LogP contribution in [-0.2, 0) is 4.79 Å². The van der Waals surface area contributed by atoms with Gasteiger partial charge in [0.15, 0.2) is 0 Å². The molecule has 1 aromatic rings. The van der Waals surface area contributed by atoms with Crippen LogP contribution in [0.3, 0.4) is 0 Å². The lowest BCUT2D eigenvalue weighted by Crippen LogP contribution is -2.20. The van der Waals surface area contributed by atoms with Crippen LogP contribution in [0.15, 0.2) is 24.3 Å². The minimum absolute atomic E-state index is 0.0475. The van der Waals surface area contributed by atoms with Gasteiger partial charge >= 0.3 is 0 Å². The van der Waals surface area contributed by atoms with Crippen LogP contribution in [0.4, 0.5) is 0 Å². The van der Waals surface area contributed by atoms with Gasteiger partial charge in [-0.25, -0.2) is 0 Å². The molecule has 4 nitrogen and oxygen atoms in total. The molecule has 1 amide bonds. The highest BCUT2D eigenvalue weighted by molar-refractivity contribution is 5.75. The molecular formula is C13H20N2O2. The number of methoxy groups -OCH3 is 1. The lowest BCUT2D eigenvalue weighted by atomic mass is 9.94. The first-order valence-corrected chi connectivity index (χ1v) is 5.75. The zero-order chi connectivity index (χ0) is 12.7. The second-order valence-corrected chi connectivity index (χ2v) is 3.92. The number of rotatable bonds is 6. The van der Waals surface area contributed by atoms with Crippen molar-refractivity contribution in [3.63, 3.8) is 0 Å². The molecule has 3 N–H and O–H groups in total. The number of nitrogens with one attached hydrogen (secondary N) is 1. The van der Waals surface area contributed by atoms with Crippen molar-refractivity contribution in [1.82, 2.24) is 5.32 Å². The first kappa shape index (κ1) is 13.5. The summed E-state index contributed by atoms with van der Waals surface area (Å²) in [6.07, 6.45) is 1.25. The van der Waals surface area contributed by atoms with E-state index in [1.54, 1.807) is 14.2 Å². The summed E-state index contributed by atoms with van der Waals surface area (Å²) in [5.41, 5.74) is 6.87. The number of benzene rings is 1. The SMILES string of the molecule is CNC(=O)CCC(CN)c1cccc(OC)c1. The average Bonchev–Trinajstić information content (AvgIpc) is 2.39. The van der Waals surface area contributed by atoms with Gasteiger partial charge in [0.25, 0.3) is 0 Å². The van der Waals surface area contributed by atoms with E-state index in [0.717, 1.165) is 17.7 Å². The Morgan fingerprint density at radius 2 is 2.29 bits per heavy atom. The van der Waals surface area contributed by atoms with Gasteiger partial charge in [0.05, 0.1) is 7.11 Å². The number of ether oxygens (including phenoxy) is 1. The van der Waals surface area contributed by atoms with Crippen LogP contribution in [0.25, 0.3) is 0 Å². The van der Waals surface area contributed by atoms with E-state index < -0.39 is 0 Å². The Balaban J connectivity index is 2.68. The maximum Gasteiger partial charge on any atom is 0.219 e. The molecule has 0 aliphatic rings. The maximum atomic E-state index is 11.2. The lowest BCUT2D eigenvalue weighted by Gasteiger charge is -2.15. The highest BCUT2D eigenvalue weighted by Gasteiger charge is 2.12. The predicted molar refractivity (Wildman–Crippen MR) is 68.1 cm³/mol. The molecule has 0 saturated heterocycles. The topological polar surface area (TPSA) is 64.4 Å². The lowest BCUT2D eigenvalue weighted by molar-refractivity contribution is -0.120. The summed E-state index contributed by atoms with van der Waals surface area (Å²) < 4.78 is 5.18. The fraction of sp³-hybridized carbons (Fsp3) is 0.462. The number of hydrogen-bond acceptors (Lipinski definition) is 3. The Hall–Kier alpha value is -1.55. The number of amides is 1. The van der Waals surface area contributed by atoms with E-state index in [-0.39, 0.29) is 11.8 Å². The predicted octanol–water partition coefficient (Wildman–Crippen LogP) is 1.26. The summed E-state index contributed by atoms with van der Waals surface area (Å²) in [5.74, 6) is 1.06. The van der Waals surface area contributed by atoms with Crippen molar-refractivity contribution in [3.05, 3.63) is 29.8 Å². The summed E-state index contributed by atoms with van der Waals surface area (Å²) in [5, 5.41) is 2.61. The molecule has 94 valence electrons. The van der Waals surface area contributed by atoms with Crippen molar-refractivity contribution in [1.29, 1.82) is 0 Å². The summed E-state index contributed by atoms with van der Waals surface area (Å²) >= 11 is 0. The van der Waals surface area contributed by atoms with E-state index in [1.165, 1.54) is 0 Å².